The minimum absolute atomic E-state index is 1.21. The van der Waals surface area contributed by atoms with E-state index in [2.05, 4.69) is 50.3 Å². The molecule has 0 bridgehead atoms. The molecule has 0 spiro atoms. The van der Waals surface area contributed by atoms with Crippen LogP contribution in [0, 0.1) is 0 Å². The predicted octanol–water partition coefficient (Wildman–Crippen LogP) is 2.28. The van der Waals surface area contributed by atoms with E-state index >= 15 is 0 Å². The van der Waals surface area contributed by atoms with Gasteiger partial charge in [-0.05, 0) is 0 Å². The van der Waals surface area contributed by atoms with Crippen molar-refractivity contribution in [3.05, 3.63) is 0 Å². The van der Waals surface area contributed by atoms with E-state index in [0.29, 0.717) is 0 Å². The van der Waals surface area contributed by atoms with Crippen molar-refractivity contribution in [3.8, 4) is 0 Å². The van der Waals surface area contributed by atoms with Crippen LogP contribution in [0.25, 0.3) is 0 Å². The van der Waals surface area contributed by atoms with Gasteiger partial charge in [0.15, 0.2) is 0 Å². The first-order valence-electron chi connectivity index (χ1n) is 5.46. The van der Waals surface area contributed by atoms with E-state index in [-0.39, 0.29) is 0 Å². The van der Waals surface area contributed by atoms with Crippen molar-refractivity contribution in [2.75, 3.05) is 41.3 Å². The molecule has 0 amide bonds. The molecule has 14 heavy (non-hydrogen) atoms. The Labute approximate surface area is 103 Å². The number of rotatable bonds is 8. The molecule has 0 aromatic rings. The van der Waals surface area contributed by atoms with Gasteiger partial charge in [0, 0.05) is 0 Å². The Morgan fingerprint density at radius 2 is 1.21 bits per heavy atom. The second kappa shape index (κ2) is 9.49. The third-order valence-electron chi connectivity index (χ3n) is 2.25. The Hall–Kier alpha value is 1.27. The molecule has 0 heterocycles. The molecule has 0 N–H and O–H groups in total. The normalized spacial score (nSPS) is 11.4. The summed E-state index contributed by atoms with van der Waals surface area (Å²) >= 11 is 2.74. The van der Waals surface area contributed by atoms with Crippen LogP contribution in [0.15, 0.2) is 0 Å². The van der Waals surface area contributed by atoms with Gasteiger partial charge in [-0.1, -0.05) is 0 Å². The Kier molecular flexibility index (Phi) is 10.4. The second-order valence-corrected chi connectivity index (χ2v) is 19.9. The van der Waals surface area contributed by atoms with Crippen LogP contribution < -0.4 is 0 Å². The molecule has 0 aliphatic heterocycles. The van der Waals surface area contributed by atoms with Gasteiger partial charge in [-0.2, -0.15) is 0 Å². The second-order valence-electron chi connectivity index (χ2n) is 4.49. The predicted molar refractivity (Wildman–Crippen MR) is 70.6 cm³/mol. The van der Waals surface area contributed by atoms with Crippen molar-refractivity contribution in [2.45, 2.75) is 21.2 Å². The molecular formula is C10H24BrInN2. The van der Waals surface area contributed by atoms with Crippen LogP contribution in [0.1, 0.15) is 12.8 Å². The van der Waals surface area contributed by atoms with Crippen LogP contribution in [0.2, 0.25) is 8.35 Å². The summed E-state index contributed by atoms with van der Waals surface area (Å²) in [6.45, 7) is 2.51. The molecule has 0 aliphatic carbocycles. The molecular weight excluding hydrogens is 343 g/mol. The molecule has 0 rings (SSSR count). The van der Waals surface area contributed by atoms with Crippen LogP contribution in [-0.4, -0.2) is 70.2 Å². The first-order valence-corrected chi connectivity index (χ1v) is 17.5. The summed E-state index contributed by atoms with van der Waals surface area (Å²) in [5, 5.41) is 0. The first kappa shape index (κ1) is 15.3. The van der Waals surface area contributed by atoms with Gasteiger partial charge >= 0.3 is 104 Å². The molecule has 84 valence electrons. The zero-order valence-corrected chi connectivity index (χ0v) is 15.0. The molecule has 0 unspecified atom stereocenters. The number of hydrogen-bond donors (Lipinski definition) is 0. The van der Waals surface area contributed by atoms with Gasteiger partial charge in [0.1, 0.15) is 0 Å². The summed E-state index contributed by atoms with van der Waals surface area (Å²) in [4.78, 5) is 4.57. The van der Waals surface area contributed by atoms with E-state index in [1.54, 1.807) is 0 Å². The van der Waals surface area contributed by atoms with E-state index in [0.717, 1.165) is 0 Å². The van der Waals surface area contributed by atoms with Crippen molar-refractivity contribution >= 4 is 31.4 Å². The van der Waals surface area contributed by atoms with Crippen LogP contribution in [0.5, 0.6) is 0 Å². The zero-order chi connectivity index (χ0) is 11.0. The summed E-state index contributed by atoms with van der Waals surface area (Å²) in [6.07, 6.45) is 2.78. The summed E-state index contributed by atoms with van der Waals surface area (Å²) in [6, 6.07) is 0. The van der Waals surface area contributed by atoms with Gasteiger partial charge in [0.05, 0.1) is 0 Å². The molecule has 2 nitrogen and oxygen atoms in total. The monoisotopic (exact) mass is 366 g/mol. The first-order chi connectivity index (χ1) is 6.52. The van der Waals surface area contributed by atoms with Gasteiger partial charge in [0.2, 0.25) is 0 Å². The summed E-state index contributed by atoms with van der Waals surface area (Å²) in [7, 11) is 8.63. The van der Waals surface area contributed by atoms with Crippen molar-refractivity contribution in [2.24, 2.45) is 0 Å². The SMILES string of the molecule is CN(C)CC[CH2][In]([Br])[CH2]CCN(C)C. The van der Waals surface area contributed by atoms with E-state index in [4.69, 9.17) is 0 Å². The number of nitrogens with zero attached hydrogens (tertiary/aromatic N) is 2. The minimum atomic E-state index is -1.21. The summed E-state index contributed by atoms with van der Waals surface area (Å²) < 4.78 is 3.01. The third-order valence-corrected chi connectivity index (χ3v) is 14.3. The number of hydrogen-bond acceptors (Lipinski definition) is 2. The molecule has 0 aromatic heterocycles. The average Bonchev–Trinajstić information content (AvgIpc) is 2.02. The van der Waals surface area contributed by atoms with Crippen LogP contribution >= 0.6 is 12.3 Å². The molecule has 0 aliphatic rings. The topological polar surface area (TPSA) is 6.48 Å². The van der Waals surface area contributed by atoms with Gasteiger partial charge < -0.3 is 0 Å². The molecule has 0 aromatic carbocycles. The van der Waals surface area contributed by atoms with E-state index in [9.17, 15) is 0 Å². The fraction of sp³-hybridized carbons (Fsp3) is 1.00. The maximum atomic E-state index is 3.95. The van der Waals surface area contributed by atoms with Crippen molar-refractivity contribution in [1.29, 1.82) is 0 Å². The van der Waals surface area contributed by atoms with Crippen molar-refractivity contribution < 1.29 is 0 Å². The van der Waals surface area contributed by atoms with Gasteiger partial charge in [-0.15, -0.1) is 0 Å². The Morgan fingerprint density at radius 3 is 1.50 bits per heavy atom. The molecule has 0 saturated heterocycles. The van der Waals surface area contributed by atoms with Crippen LogP contribution in [-0.2, 0) is 0 Å². The standard InChI is InChI=1S/2C5H12N.BrH.In/c2*1-4-5-6(2)3;;/h2*1,4-5H2,2-3H3;1H;/q;;;+1/p-1. The van der Waals surface area contributed by atoms with E-state index in [1.807, 2.05) is 0 Å². The Morgan fingerprint density at radius 1 is 0.857 bits per heavy atom. The molecule has 0 saturated carbocycles. The summed E-state index contributed by atoms with van der Waals surface area (Å²) in [5.41, 5.74) is 0. The van der Waals surface area contributed by atoms with Crippen molar-refractivity contribution in [3.63, 3.8) is 0 Å². The zero-order valence-electron chi connectivity index (χ0n) is 10.1. The maximum absolute atomic E-state index is 3.95. The molecule has 0 fully saturated rings. The van der Waals surface area contributed by atoms with Gasteiger partial charge in [-0.3, -0.25) is 0 Å². The van der Waals surface area contributed by atoms with Gasteiger partial charge in [-0.25, -0.2) is 0 Å². The van der Waals surface area contributed by atoms with Crippen molar-refractivity contribution in [1.82, 2.24) is 9.80 Å². The Balaban J connectivity index is 3.23. The quantitative estimate of drug-likeness (QED) is 0.650. The van der Waals surface area contributed by atoms with Gasteiger partial charge in [0.25, 0.3) is 0 Å². The fourth-order valence-corrected chi connectivity index (χ4v) is 10.1. The third kappa shape index (κ3) is 11.3. The van der Waals surface area contributed by atoms with E-state index in [1.165, 1.54) is 34.3 Å². The van der Waals surface area contributed by atoms with Crippen LogP contribution in [0.4, 0.5) is 0 Å². The number of halogens is 1. The Bertz CT molecular complexity index is 117. The van der Waals surface area contributed by atoms with Crippen LogP contribution in [0.3, 0.4) is 0 Å². The van der Waals surface area contributed by atoms with E-state index < -0.39 is 19.1 Å². The summed E-state index contributed by atoms with van der Waals surface area (Å²) in [5.74, 6) is 0. The molecule has 4 heteroatoms. The fourth-order valence-electron chi connectivity index (χ4n) is 1.40. The average molecular weight is 367 g/mol. The molecule has 0 radical (unpaired) electrons. The molecule has 0 atom stereocenters.